The van der Waals surface area contributed by atoms with Crippen molar-refractivity contribution >= 4 is 15.7 Å². The summed E-state index contributed by atoms with van der Waals surface area (Å²) in [6, 6.07) is 12.3. The Morgan fingerprint density at radius 1 is 1.20 bits per heavy atom. The molecule has 2 aromatic carbocycles. The molecule has 132 valence electrons. The molecule has 1 aliphatic rings. The Hall–Kier alpha value is -2.54. The molecule has 0 aliphatic carbocycles. The number of aryl methyl sites for hydroxylation is 1. The number of hydrazone groups is 1. The van der Waals surface area contributed by atoms with Crippen LogP contribution in [-0.2, 0) is 10.0 Å². The van der Waals surface area contributed by atoms with E-state index in [0.717, 1.165) is 21.8 Å². The Labute approximate surface area is 147 Å². The number of aromatic hydroxyl groups is 1. The monoisotopic (exact) mass is 360 g/mol. The molecule has 0 saturated carbocycles. The zero-order valence-corrected chi connectivity index (χ0v) is 15.1. The number of rotatable bonds is 4. The lowest BCUT2D eigenvalue weighted by atomic mass is 9.98. The van der Waals surface area contributed by atoms with E-state index in [0.29, 0.717) is 23.4 Å². The number of sulfonamides is 1. The first-order valence-corrected chi connectivity index (χ1v) is 9.66. The largest absolute Gasteiger partial charge is 0.504 e. The maximum atomic E-state index is 12.2. The molecule has 1 atom stereocenters. The highest BCUT2D eigenvalue weighted by Crippen LogP contribution is 2.38. The van der Waals surface area contributed by atoms with Crippen LogP contribution in [0.2, 0.25) is 0 Å². The van der Waals surface area contributed by atoms with E-state index in [9.17, 15) is 13.5 Å². The molecule has 6 nitrogen and oxygen atoms in total. The fourth-order valence-electron chi connectivity index (χ4n) is 2.96. The van der Waals surface area contributed by atoms with Crippen molar-refractivity contribution in [2.45, 2.75) is 19.4 Å². The second-order valence-corrected chi connectivity index (χ2v) is 7.91. The Balaban J connectivity index is 2.06. The smallest absolute Gasteiger partial charge is 0.247 e. The predicted molar refractivity (Wildman–Crippen MR) is 96.4 cm³/mol. The van der Waals surface area contributed by atoms with Gasteiger partial charge in [-0.1, -0.05) is 35.9 Å². The van der Waals surface area contributed by atoms with Crippen molar-refractivity contribution in [3.63, 3.8) is 0 Å². The molecule has 0 fully saturated rings. The third kappa shape index (κ3) is 3.32. The molecule has 2 aromatic rings. The van der Waals surface area contributed by atoms with Crippen molar-refractivity contribution in [1.29, 1.82) is 0 Å². The number of hydrogen-bond acceptors (Lipinski definition) is 5. The van der Waals surface area contributed by atoms with Crippen LogP contribution in [0.15, 0.2) is 47.6 Å². The second-order valence-electron chi connectivity index (χ2n) is 6.07. The lowest BCUT2D eigenvalue weighted by molar-refractivity contribution is 0.372. The Morgan fingerprint density at radius 2 is 1.88 bits per heavy atom. The minimum atomic E-state index is -3.54. The van der Waals surface area contributed by atoms with E-state index in [1.54, 1.807) is 12.1 Å². The number of phenols is 1. The normalized spacial score (nSPS) is 17.5. The molecule has 0 radical (unpaired) electrons. The molecule has 0 bridgehead atoms. The molecular weight excluding hydrogens is 340 g/mol. The van der Waals surface area contributed by atoms with Crippen LogP contribution >= 0.6 is 0 Å². The van der Waals surface area contributed by atoms with E-state index < -0.39 is 16.1 Å². The van der Waals surface area contributed by atoms with Crippen molar-refractivity contribution < 1.29 is 18.3 Å². The second kappa shape index (κ2) is 6.40. The highest BCUT2D eigenvalue weighted by Gasteiger charge is 2.35. The van der Waals surface area contributed by atoms with Gasteiger partial charge in [0.1, 0.15) is 0 Å². The van der Waals surface area contributed by atoms with Crippen LogP contribution in [0, 0.1) is 6.92 Å². The SMILES string of the molecule is COc1c(O)cccc1C1=NN(S(C)(=O)=O)[C@H](c2ccc(C)cc2)C1. The van der Waals surface area contributed by atoms with Gasteiger partial charge in [-0.2, -0.15) is 9.52 Å². The van der Waals surface area contributed by atoms with Crippen LogP contribution in [0.25, 0.3) is 0 Å². The molecule has 0 spiro atoms. The number of methoxy groups -OCH3 is 1. The first kappa shape index (κ1) is 17.3. The highest BCUT2D eigenvalue weighted by atomic mass is 32.2. The van der Waals surface area contributed by atoms with Gasteiger partial charge in [0, 0.05) is 12.0 Å². The van der Waals surface area contributed by atoms with Crippen molar-refractivity contribution in [3.05, 3.63) is 59.2 Å². The average molecular weight is 360 g/mol. The fraction of sp³-hybridized carbons (Fsp3) is 0.278. The van der Waals surface area contributed by atoms with Gasteiger partial charge in [0.2, 0.25) is 10.0 Å². The maximum Gasteiger partial charge on any atom is 0.247 e. The Bertz CT molecular complexity index is 921. The van der Waals surface area contributed by atoms with Crippen molar-refractivity contribution in [2.24, 2.45) is 5.10 Å². The molecule has 3 rings (SSSR count). The first-order valence-electron chi connectivity index (χ1n) is 7.81. The third-order valence-electron chi connectivity index (χ3n) is 4.18. The zero-order valence-electron chi connectivity index (χ0n) is 14.3. The minimum Gasteiger partial charge on any atom is -0.504 e. The van der Waals surface area contributed by atoms with E-state index in [2.05, 4.69) is 5.10 Å². The molecule has 1 aliphatic heterocycles. The molecule has 25 heavy (non-hydrogen) atoms. The zero-order chi connectivity index (χ0) is 18.2. The summed E-state index contributed by atoms with van der Waals surface area (Å²) in [7, 11) is -2.08. The van der Waals surface area contributed by atoms with Gasteiger partial charge >= 0.3 is 0 Å². The van der Waals surface area contributed by atoms with Crippen molar-refractivity contribution in [3.8, 4) is 11.5 Å². The van der Waals surface area contributed by atoms with Crippen LogP contribution in [-0.4, -0.2) is 37.0 Å². The maximum absolute atomic E-state index is 12.2. The number of phenolic OH excluding ortho intramolecular Hbond substituents is 1. The van der Waals surface area contributed by atoms with Crippen molar-refractivity contribution in [2.75, 3.05) is 13.4 Å². The minimum absolute atomic E-state index is 0.00704. The average Bonchev–Trinajstić information content (AvgIpc) is 3.00. The van der Waals surface area contributed by atoms with E-state index >= 15 is 0 Å². The lowest BCUT2D eigenvalue weighted by Crippen LogP contribution is -2.25. The quantitative estimate of drug-likeness (QED) is 0.909. The van der Waals surface area contributed by atoms with Crippen LogP contribution < -0.4 is 4.74 Å². The molecule has 1 N–H and O–H groups in total. The summed E-state index contributed by atoms with van der Waals surface area (Å²) in [4.78, 5) is 0. The topological polar surface area (TPSA) is 79.2 Å². The Kier molecular flexibility index (Phi) is 4.43. The molecule has 0 unspecified atom stereocenters. The summed E-state index contributed by atoms with van der Waals surface area (Å²) in [6.45, 7) is 1.98. The van der Waals surface area contributed by atoms with Gasteiger partial charge in [0.05, 0.1) is 25.1 Å². The van der Waals surface area contributed by atoms with Gasteiger partial charge in [0.15, 0.2) is 11.5 Å². The van der Waals surface area contributed by atoms with Gasteiger partial charge in [0.25, 0.3) is 0 Å². The number of ether oxygens (including phenoxy) is 1. The predicted octanol–water partition coefficient (Wildman–Crippen LogP) is 2.82. The molecule has 0 amide bonds. The number of hydrogen-bond donors (Lipinski definition) is 1. The third-order valence-corrected chi connectivity index (χ3v) is 5.20. The van der Waals surface area contributed by atoms with Crippen LogP contribution in [0.1, 0.15) is 29.2 Å². The number of benzene rings is 2. The van der Waals surface area contributed by atoms with Gasteiger partial charge < -0.3 is 9.84 Å². The number of para-hydroxylation sites is 1. The summed E-state index contributed by atoms with van der Waals surface area (Å²) in [5.74, 6) is 0.284. The summed E-state index contributed by atoms with van der Waals surface area (Å²) >= 11 is 0. The van der Waals surface area contributed by atoms with Gasteiger partial charge in [-0.15, -0.1) is 0 Å². The van der Waals surface area contributed by atoms with E-state index in [1.165, 1.54) is 13.2 Å². The Morgan fingerprint density at radius 3 is 2.48 bits per heavy atom. The van der Waals surface area contributed by atoms with Gasteiger partial charge in [-0.25, -0.2) is 8.42 Å². The van der Waals surface area contributed by atoms with E-state index in [4.69, 9.17) is 4.74 Å². The van der Waals surface area contributed by atoms with Crippen LogP contribution in [0.5, 0.6) is 11.5 Å². The fourth-order valence-corrected chi connectivity index (χ4v) is 3.87. The summed E-state index contributed by atoms with van der Waals surface area (Å²) < 4.78 is 30.8. The summed E-state index contributed by atoms with van der Waals surface area (Å²) in [6.07, 6.45) is 1.54. The first-order chi connectivity index (χ1) is 11.8. The molecule has 7 heteroatoms. The molecule has 1 heterocycles. The van der Waals surface area contributed by atoms with Crippen molar-refractivity contribution in [1.82, 2.24) is 4.41 Å². The number of nitrogens with zero attached hydrogens (tertiary/aromatic N) is 2. The van der Waals surface area contributed by atoms with Gasteiger partial charge in [-0.3, -0.25) is 0 Å². The van der Waals surface area contributed by atoms with E-state index in [1.807, 2.05) is 31.2 Å². The molecule has 0 saturated heterocycles. The highest BCUT2D eigenvalue weighted by molar-refractivity contribution is 7.88. The molecular formula is C18H20N2O4S. The van der Waals surface area contributed by atoms with Gasteiger partial charge in [-0.05, 0) is 24.6 Å². The lowest BCUT2D eigenvalue weighted by Gasteiger charge is -2.21. The van der Waals surface area contributed by atoms with Crippen LogP contribution in [0.3, 0.4) is 0 Å². The molecule has 0 aromatic heterocycles. The summed E-state index contributed by atoms with van der Waals surface area (Å²) in [5.41, 5.74) is 3.12. The van der Waals surface area contributed by atoms with E-state index in [-0.39, 0.29) is 5.75 Å². The summed E-state index contributed by atoms with van der Waals surface area (Å²) in [5, 5.41) is 14.3. The van der Waals surface area contributed by atoms with Crippen LogP contribution in [0.4, 0.5) is 0 Å². The standard InChI is InChI=1S/C18H20N2O4S/c1-12-7-9-13(10-8-12)16-11-15(19-20(16)25(3,22)23)14-5-4-6-17(21)18(14)24-2/h4-10,16,21H,11H2,1-3H3/t16-/m0/s1.